The van der Waals surface area contributed by atoms with Gasteiger partial charge in [-0.1, -0.05) is 12.1 Å². The second-order valence-electron chi connectivity index (χ2n) is 6.04. The predicted molar refractivity (Wildman–Crippen MR) is 91.8 cm³/mol. The number of nitrogens with two attached hydrogens (primary N) is 1. The zero-order valence-corrected chi connectivity index (χ0v) is 14.5. The highest BCUT2D eigenvalue weighted by Gasteiger charge is 2.38. The summed E-state index contributed by atoms with van der Waals surface area (Å²) in [5.74, 6) is -3.28. The molecule has 0 bridgehead atoms. The summed E-state index contributed by atoms with van der Waals surface area (Å²) in [5, 5.41) is 23.4. The molecule has 2 rings (SSSR count). The number of non-ortho nitro benzene ring substituents is 1. The van der Waals surface area contributed by atoms with Crippen LogP contribution < -0.4 is 11.1 Å². The van der Waals surface area contributed by atoms with E-state index in [0.717, 1.165) is 0 Å². The van der Waals surface area contributed by atoms with Crippen LogP contribution in [0.3, 0.4) is 0 Å². The van der Waals surface area contributed by atoms with Gasteiger partial charge in [-0.05, 0) is 26.3 Å². The number of benzene rings is 1. The standard InChI is InChI=1S/C17H19N3O6/c1-8(2)26-17(23)12-9(3)19-15(18)14(16(21)22)13(12)10-5-4-6-11(7-10)20(24)25/h4-8,13,19H,18H2,1-3H3,(H,21,22). The van der Waals surface area contributed by atoms with Crippen LogP contribution in [0.25, 0.3) is 0 Å². The SMILES string of the molecule is CC1=C(C(=O)OC(C)C)C(c2cccc([N+](=O)[O-])c2)C(C(=O)O)=C(N)N1. The number of carboxylic acid groups (broad SMARTS) is 1. The average molecular weight is 361 g/mol. The lowest BCUT2D eigenvalue weighted by molar-refractivity contribution is -0.384. The van der Waals surface area contributed by atoms with Crippen LogP contribution in [0.4, 0.5) is 5.69 Å². The zero-order valence-electron chi connectivity index (χ0n) is 14.5. The molecule has 9 nitrogen and oxygen atoms in total. The molecule has 26 heavy (non-hydrogen) atoms. The number of rotatable bonds is 5. The van der Waals surface area contributed by atoms with Crippen LogP contribution >= 0.6 is 0 Å². The van der Waals surface area contributed by atoms with Gasteiger partial charge in [-0.25, -0.2) is 9.59 Å². The van der Waals surface area contributed by atoms with Crippen molar-refractivity contribution >= 4 is 17.6 Å². The lowest BCUT2D eigenvalue weighted by Crippen LogP contribution is -2.36. The second kappa shape index (κ2) is 7.26. The number of dihydropyridines is 1. The van der Waals surface area contributed by atoms with Crippen LogP contribution in [0, 0.1) is 10.1 Å². The molecular formula is C17H19N3O6. The Kier molecular flexibility index (Phi) is 5.30. The molecule has 1 heterocycles. The number of carboxylic acids is 1. The molecule has 0 fully saturated rings. The van der Waals surface area contributed by atoms with Crippen LogP contribution in [-0.2, 0) is 14.3 Å². The Morgan fingerprint density at radius 3 is 2.54 bits per heavy atom. The lowest BCUT2D eigenvalue weighted by atomic mass is 9.81. The van der Waals surface area contributed by atoms with Crippen molar-refractivity contribution in [3.05, 3.63) is 62.6 Å². The van der Waals surface area contributed by atoms with Gasteiger partial charge in [-0.3, -0.25) is 10.1 Å². The van der Waals surface area contributed by atoms with E-state index >= 15 is 0 Å². The Morgan fingerprint density at radius 1 is 1.35 bits per heavy atom. The lowest BCUT2D eigenvalue weighted by Gasteiger charge is -2.29. The molecule has 0 radical (unpaired) electrons. The zero-order chi connectivity index (χ0) is 19.6. The minimum Gasteiger partial charge on any atom is -0.478 e. The molecule has 1 aliphatic heterocycles. The van der Waals surface area contributed by atoms with Gasteiger partial charge in [0.2, 0.25) is 0 Å². The van der Waals surface area contributed by atoms with Gasteiger partial charge in [0.05, 0.1) is 28.1 Å². The highest BCUT2D eigenvalue weighted by Crippen LogP contribution is 2.38. The molecule has 0 aromatic heterocycles. The highest BCUT2D eigenvalue weighted by atomic mass is 16.6. The topological polar surface area (TPSA) is 145 Å². The molecule has 0 saturated carbocycles. The summed E-state index contributed by atoms with van der Waals surface area (Å²) in [6.45, 7) is 4.89. The molecule has 138 valence electrons. The number of nitrogens with one attached hydrogen (secondary N) is 1. The summed E-state index contributed by atoms with van der Waals surface area (Å²) in [5.41, 5.74) is 5.97. The van der Waals surface area contributed by atoms with Crippen molar-refractivity contribution in [1.82, 2.24) is 5.32 Å². The third-order valence-electron chi connectivity index (χ3n) is 3.80. The third-order valence-corrected chi connectivity index (χ3v) is 3.80. The summed E-state index contributed by atoms with van der Waals surface area (Å²) >= 11 is 0. The fourth-order valence-corrected chi connectivity index (χ4v) is 2.79. The Bertz CT molecular complexity index is 841. The molecule has 0 spiro atoms. The van der Waals surface area contributed by atoms with Crippen LogP contribution in [0.1, 0.15) is 32.3 Å². The molecular weight excluding hydrogens is 342 g/mol. The molecule has 4 N–H and O–H groups in total. The monoisotopic (exact) mass is 361 g/mol. The third kappa shape index (κ3) is 3.66. The summed E-state index contributed by atoms with van der Waals surface area (Å²) in [4.78, 5) is 34.8. The Labute approximate surface area is 149 Å². The minimum atomic E-state index is -1.34. The molecule has 0 aliphatic carbocycles. The quantitative estimate of drug-likeness (QED) is 0.409. The van der Waals surface area contributed by atoms with Crippen molar-refractivity contribution in [1.29, 1.82) is 0 Å². The largest absolute Gasteiger partial charge is 0.478 e. The number of ether oxygens (including phenoxy) is 1. The average Bonchev–Trinajstić information content (AvgIpc) is 2.52. The second-order valence-corrected chi connectivity index (χ2v) is 6.04. The van der Waals surface area contributed by atoms with Gasteiger partial charge in [0, 0.05) is 17.8 Å². The van der Waals surface area contributed by atoms with E-state index < -0.39 is 28.9 Å². The molecule has 0 amide bonds. The van der Waals surface area contributed by atoms with E-state index in [4.69, 9.17) is 10.5 Å². The maximum atomic E-state index is 12.6. The van der Waals surface area contributed by atoms with Crippen LogP contribution in [0.5, 0.6) is 0 Å². The van der Waals surface area contributed by atoms with Gasteiger partial charge in [-0.2, -0.15) is 0 Å². The highest BCUT2D eigenvalue weighted by molar-refractivity contribution is 5.99. The number of carbonyl (C=O) groups excluding carboxylic acids is 1. The smallest absolute Gasteiger partial charge is 0.337 e. The summed E-state index contributed by atoms with van der Waals surface area (Å²) < 4.78 is 5.23. The van der Waals surface area contributed by atoms with Gasteiger partial charge in [0.25, 0.3) is 5.69 Å². The number of hydrogen-bond acceptors (Lipinski definition) is 7. The van der Waals surface area contributed by atoms with Crippen molar-refractivity contribution in [2.75, 3.05) is 0 Å². The maximum absolute atomic E-state index is 12.6. The van der Waals surface area contributed by atoms with Crippen molar-refractivity contribution < 1.29 is 24.4 Å². The van der Waals surface area contributed by atoms with Gasteiger partial charge in [-0.15, -0.1) is 0 Å². The number of nitrogens with zero attached hydrogens (tertiary/aromatic N) is 1. The van der Waals surface area contributed by atoms with E-state index in [-0.39, 0.29) is 28.2 Å². The first-order valence-electron chi connectivity index (χ1n) is 7.79. The molecule has 1 aromatic carbocycles. The molecule has 1 atom stereocenters. The van der Waals surface area contributed by atoms with E-state index in [1.165, 1.54) is 24.3 Å². The van der Waals surface area contributed by atoms with Gasteiger partial charge >= 0.3 is 11.9 Å². The Balaban J connectivity index is 2.68. The Hall–Kier alpha value is -3.36. The Morgan fingerprint density at radius 2 is 2.00 bits per heavy atom. The molecule has 1 unspecified atom stereocenters. The molecule has 1 aromatic rings. The van der Waals surface area contributed by atoms with Crippen LogP contribution in [-0.4, -0.2) is 28.1 Å². The molecule has 9 heteroatoms. The summed E-state index contributed by atoms with van der Waals surface area (Å²) in [6.07, 6.45) is -0.426. The van der Waals surface area contributed by atoms with Crippen molar-refractivity contribution in [3.63, 3.8) is 0 Å². The van der Waals surface area contributed by atoms with Crippen molar-refractivity contribution in [2.24, 2.45) is 5.73 Å². The first-order valence-corrected chi connectivity index (χ1v) is 7.79. The van der Waals surface area contributed by atoms with Crippen LogP contribution in [0.15, 0.2) is 46.9 Å². The fourth-order valence-electron chi connectivity index (χ4n) is 2.79. The maximum Gasteiger partial charge on any atom is 0.337 e. The minimum absolute atomic E-state index is 0.0470. The number of nitro groups is 1. The summed E-state index contributed by atoms with van der Waals surface area (Å²) in [6, 6.07) is 5.43. The number of esters is 1. The fraction of sp³-hybridized carbons (Fsp3) is 0.294. The first kappa shape index (κ1) is 19.0. The number of aliphatic carboxylic acids is 1. The predicted octanol–water partition coefficient (Wildman–Crippen LogP) is 1.76. The van der Waals surface area contributed by atoms with Gasteiger partial charge in [0.1, 0.15) is 5.82 Å². The number of nitro benzene ring substituents is 1. The van der Waals surface area contributed by atoms with E-state index in [2.05, 4.69) is 5.32 Å². The number of carbonyl (C=O) groups is 2. The van der Waals surface area contributed by atoms with E-state index in [1.807, 2.05) is 0 Å². The number of allylic oxidation sites excluding steroid dienone is 1. The molecule has 0 saturated heterocycles. The summed E-state index contributed by atoms with van der Waals surface area (Å²) in [7, 11) is 0. The van der Waals surface area contributed by atoms with Crippen LogP contribution in [0.2, 0.25) is 0 Å². The number of hydrogen-bond donors (Lipinski definition) is 3. The van der Waals surface area contributed by atoms with Gasteiger partial charge in [0.15, 0.2) is 0 Å². The molecule has 1 aliphatic rings. The van der Waals surface area contributed by atoms with E-state index in [9.17, 15) is 24.8 Å². The van der Waals surface area contributed by atoms with E-state index in [1.54, 1.807) is 20.8 Å². The van der Waals surface area contributed by atoms with Crippen molar-refractivity contribution in [2.45, 2.75) is 32.8 Å². The van der Waals surface area contributed by atoms with Crippen molar-refractivity contribution in [3.8, 4) is 0 Å². The normalized spacial score (nSPS) is 17.2. The first-order chi connectivity index (χ1) is 12.1. The van der Waals surface area contributed by atoms with E-state index in [0.29, 0.717) is 5.70 Å². The van der Waals surface area contributed by atoms with Gasteiger partial charge < -0.3 is 20.9 Å².